The van der Waals surface area contributed by atoms with Crippen LogP contribution in [0.1, 0.15) is 5.56 Å². The molecule has 0 saturated carbocycles. The molecule has 11 heavy (non-hydrogen) atoms. The fourth-order valence-corrected chi connectivity index (χ4v) is 2.64. The first-order valence-electron chi connectivity index (χ1n) is 3.67. The topological polar surface area (TPSA) is 0 Å². The van der Waals surface area contributed by atoms with Crippen LogP contribution in [-0.2, 0) is 6.16 Å². The van der Waals surface area contributed by atoms with Crippen LogP contribution in [0.5, 0.6) is 0 Å². The zero-order chi connectivity index (χ0) is 7.94. The van der Waals surface area contributed by atoms with Crippen molar-refractivity contribution in [3.63, 3.8) is 0 Å². The van der Waals surface area contributed by atoms with Crippen LogP contribution in [0.2, 0.25) is 0 Å². The molecule has 0 radical (unpaired) electrons. The van der Waals surface area contributed by atoms with E-state index in [0.717, 1.165) is 8.58 Å². The van der Waals surface area contributed by atoms with Crippen molar-refractivity contribution in [2.45, 2.75) is 6.16 Å². The molecule has 0 amide bonds. The van der Waals surface area contributed by atoms with Gasteiger partial charge in [0, 0.05) is 5.49 Å². The van der Waals surface area contributed by atoms with Gasteiger partial charge < -0.3 is 0 Å². The summed E-state index contributed by atoms with van der Waals surface area (Å²) in [4.78, 5) is 0. The quantitative estimate of drug-likeness (QED) is 0.511. The maximum Gasteiger partial charge on any atom is 0.0108 e. The van der Waals surface area contributed by atoms with Gasteiger partial charge in [-0.2, -0.15) is 11.8 Å². The molecule has 0 fully saturated rings. The van der Waals surface area contributed by atoms with Gasteiger partial charge >= 0.3 is 0 Å². The van der Waals surface area contributed by atoms with Crippen molar-refractivity contribution in [3.05, 3.63) is 35.9 Å². The first kappa shape index (κ1) is 9.09. The first-order chi connectivity index (χ1) is 5.43. The van der Waals surface area contributed by atoms with Crippen LogP contribution >= 0.6 is 20.3 Å². The Labute approximate surface area is 74.6 Å². The lowest BCUT2D eigenvalue weighted by Crippen LogP contribution is -1.76. The maximum absolute atomic E-state index is 2.20. The number of benzene rings is 1. The molecule has 0 aromatic heterocycles. The Kier molecular flexibility index (Phi) is 4.65. The lowest BCUT2D eigenvalue weighted by atomic mass is 10.2. The summed E-state index contributed by atoms with van der Waals surface area (Å²) < 4.78 is 0. The Morgan fingerprint density at radius 3 is 2.64 bits per heavy atom. The highest BCUT2D eigenvalue weighted by Gasteiger charge is 1.89. The highest BCUT2D eigenvalue weighted by molar-refractivity contribution is 8.02. The summed E-state index contributed by atoms with van der Waals surface area (Å²) in [6.45, 7) is 0. The molecule has 0 spiro atoms. The van der Waals surface area contributed by atoms with Gasteiger partial charge in [0.1, 0.15) is 0 Å². The second-order valence-corrected chi connectivity index (χ2v) is 4.93. The maximum atomic E-state index is 2.20. The molecule has 0 N–H and O–H groups in total. The molecule has 0 aliphatic heterocycles. The van der Waals surface area contributed by atoms with Crippen LogP contribution in [0, 0.1) is 0 Å². The van der Waals surface area contributed by atoms with Crippen LogP contribution in [-0.4, -0.2) is 11.7 Å². The summed E-state index contributed by atoms with van der Waals surface area (Å²) in [6.07, 6.45) is 3.42. The van der Waals surface area contributed by atoms with Crippen LogP contribution in [0.4, 0.5) is 0 Å². The predicted molar refractivity (Wildman–Crippen MR) is 56.8 cm³/mol. The summed E-state index contributed by atoms with van der Waals surface area (Å²) in [7, 11) is 1.07. The average Bonchev–Trinajstić information content (AvgIpc) is 2.07. The third kappa shape index (κ3) is 3.79. The van der Waals surface area contributed by atoms with Crippen molar-refractivity contribution in [2.75, 3.05) is 11.7 Å². The average molecular weight is 184 g/mol. The summed E-state index contributed by atoms with van der Waals surface area (Å²) in [5.74, 6) is 0. The van der Waals surface area contributed by atoms with Gasteiger partial charge in [-0.05, 0) is 18.0 Å². The Hall–Kier alpha value is 0. The van der Waals surface area contributed by atoms with Crippen molar-refractivity contribution in [2.24, 2.45) is 0 Å². The summed E-state index contributed by atoms with van der Waals surface area (Å²) in [5.41, 5.74) is 2.77. The smallest absolute Gasteiger partial charge is 0.0108 e. The van der Waals surface area contributed by atoms with Crippen LogP contribution in [0.15, 0.2) is 30.3 Å². The standard InChI is InChI=1S/C9H13PS/c1-11-8-10-7-9-5-3-2-4-6-9/h2-6,10H,7-8H2,1H3. The molecule has 0 heterocycles. The predicted octanol–water partition coefficient (Wildman–Crippen LogP) is 3.19. The van der Waals surface area contributed by atoms with Gasteiger partial charge in [0.15, 0.2) is 0 Å². The van der Waals surface area contributed by atoms with Crippen molar-refractivity contribution in [3.8, 4) is 0 Å². The van der Waals surface area contributed by atoms with Crippen LogP contribution < -0.4 is 0 Å². The van der Waals surface area contributed by atoms with Crippen molar-refractivity contribution < 1.29 is 0 Å². The fourth-order valence-electron chi connectivity index (χ4n) is 0.893. The van der Waals surface area contributed by atoms with Crippen molar-refractivity contribution >= 4 is 20.3 Å². The molecular formula is C9H13PS. The molecule has 0 aliphatic rings. The third-order valence-corrected chi connectivity index (χ3v) is 4.05. The monoisotopic (exact) mass is 184 g/mol. The van der Waals surface area contributed by atoms with Crippen molar-refractivity contribution in [1.29, 1.82) is 0 Å². The molecule has 1 aromatic carbocycles. The lowest BCUT2D eigenvalue weighted by Gasteiger charge is -1.98. The molecule has 2 heteroatoms. The van der Waals surface area contributed by atoms with Gasteiger partial charge in [-0.15, -0.1) is 8.58 Å². The first-order valence-corrected chi connectivity index (χ1v) is 6.48. The fraction of sp³-hybridized carbons (Fsp3) is 0.333. The Morgan fingerprint density at radius 2 is 2.00 bits per heavy atom. The summed E-state index contributed by atoms with van der Waals surface area (Å²) >= 11 is 1.93. The largest absolute Gasteiger partial charge is 0.161 e. The van der Waals surface area contributed by atoms with Gasteiger partial charge in [-0.3, -0.25) is 0 Å². The van der Waals surface area contributed by atoms with E-state index >= 15 is 0 Å². The van der Waals surface area contributed by atoms with E-state index in [-0.39, 0.29) is 0 Å². The van der Waals surface area contributed by atoms with Crippen LogP contribution in [0.25, 0.3) is 0 Å². The number of hydrogen-bond acceptors (Lipinski definition) is 1. The van der Waals surface area contributed by atoms with E-state index in [0.29, 0.717) is 0 Å². The molecule has 1 aromatic rings. The van der Waals surface area contributed by atoms with E-state index < -0.39 is 0 Å². The molecule has 1 atom stereocenters. The molecule has 0 aliphatic carbocycles. The highest BCUT2D eigenvalue weighted by Crippen LogP contribution is 2.21. The lowest BCUT2D eigenvalue weighted by molar-refractivity contribution is 1.41. The Bertz CT molecular complexity index is 186. The summed E-state index contributed by atoms with van der Waals surface area (Å²) in [6, 6.07) is 10.7. The summed E-state index contributed by atoms with van der Waals surface area (Å²) in [5, 5.41) is 0. The second kappa shape index (κ2) is 5.62. The van der Waals surface area contributed by atoms with Crippen LogP contribution in [0.3, 0.4) is 0 Å². The minimum Gasteiger partial charge on any atom is -0.161 e. The number of rotatable bonds is 4. The van der Waals surface area contributed by atoms with Crippen molar-refractivity contribution in [1.82, 2.24) is 0 Å². The zero-order valence-corrected chi connectivity index (χ0v) is 8.53. The van der Waals surface area contributed by atoms with E-state index in [1.807, 2.05) is 11.8 Å². The molecule has 0 saturated heterocycles. The molecule has 0 bridgehead atoms. The van der Waals surface area contributed by atoms with E-state index in [2.05, 4.69) is 36.6 Å². The SMILES string of the molecule is CSCPCc1ccccc1. The van der Waals surface area contributed by atoms with Gasteiger partial charge in [0.25, 0.3) is 0 Å². The molecule has 0 nitrogen and oxygen atoms in total. The molecular weight excluding hydrogens is 171 g/mol. The molecule has 60 valence electrons. The van der Waals surface area contributed by atoms with E-state index in [1.54, 1.807) is 0 Å². The van der Waals surface area contributed by atoms with Gasteiger partial charge in [-0.1, -0.05) is 30.3 Å². The minimum absolute atomic E-state index is 1.07. The molecule has 1 unspecified atom stereocenters. The zero-order valence-electron chi connectivity index (χ0n) is 6.71. The minimum atomic E-state index is 1.07. The van der Waals surface area contributed by atoms with Gasteiger partial charge in [0.05, 0.1) is 0 Å². The third-order valence-electron chi connectivity index (χ3n) is 1.42. The van der Waals surface area contributed by atoms with E-state index in [9.17, 15) is 0 Å². The Morgan fingerprint density at radius 1 is 1.27 bits per heavy atom. The Balaban J connectivity index is 2.28. The van der Waals surface area contributed by atoms with E-state index in [1.165, 1.54) is 17.2 Å². The van der Waals surface area contributed by atoms with Gasteiger partial charge in [0.2, 0.25) is 0 Å². The number of hydrogen-bond donors (Lipinski definition) is 0. The normalized spacial score (nSPS) is 11.0. The highest BCUT2D eigenvalue weighted by atomic mass is 32.2. The molecule has 1 rings (SSSR count). The van der Waals surface area contributed by atoms with E-state index in [4.69, 9.17) is 0 Å². The second-order valence-electron chi connectivity index (χ2n) is 2.35. The van der Waals surface area contributed by atoms with Gasteiger partial charge in [-0.25, -0.2) is 0 Å². The number of thioether (sulfide) groups is 1.